The first-order valence-electron chi connectivity index (χ1n) is 6.87. The third-order valence-electron chi connectivity index (χ3n) is 3.49. The maximum absolute atomic E-state index is 12.8. The Labute approximate surface area is 130 Å². The molecule has 0 saturated carbocycles. The highest BCUT2D eigenvalue weighted by Crippen LogP contribution is 2.30. The van der Waals surface area contributed by atoms with Crippen LogP contribution in [-0.2, 0) is 9.53 Å². The van der Waals surface area contributed by atoms with Crippen molar-refractivity contribution in [1.82, 2.24) is 4.98 Å². The summed E-state index contributed by atoms with van der Waals surface area (Å²) < 4.78 is 59.5. The minimum Gasteiger partial charge on any atom is -0.471 e. The summed E-state index contributed by atoms with van der Waals surface area (Å²) in [6, 6.07) is 2.63. The van der Waals surface area contributed by atoms with E-state index in [1.165, 1.54) is 18.3 Å². The standard InChI is InChI=1S/C14H16F4N2O3/c1-13(3-5-22-7-13)12(21)20-9-2-4-19-10(6-9)23-8-14(17,18)11(15)16/h2,4,6,11H,3,5,7-8H2,1H3,(H,19,20,21)/t13-/m0/s1. The van der Waals surface area contributed by atoms with Crippen LogP contribution in [0.15, 0.2) is 18.3 Å². The van der Waals surface area contributed by atoms with E-state index in [1.807, 2.05) is 0 Å². The smallest absolute Gasteiger partial charge is 0.340 e. The number of hydrogen-bond donors (Lipinski definition) is 1. The van der Waals surface area contributed by atoms with Crippen LogP contribution in [0.4, 0.5) is 23.2 Å². The second-order valence-corrected chi connectivity index (χ2v) is 5.55. The Morgan fingerprint density at radius 2 is 2.30 bits per heavy atom. The number of aromatic nitrogens is 1. The van der Waals surface area contributed by atoms with Gasteiger partial charge < -0.3 is 14.8 Å². The van der Waals surface area contributed by atoms with Crippen molar-refractivity contribution >= 4 is 11.6 Å². The van der Waals surface area contributed by atoms with Gasteiger partial charge in [-0.25, -0.2) is 13.8 Å². The number of amides is 1. The summed E-state index contributed by atoms with van der Waals surface area (Å²) in [4.78, 5) is 15.8. The number of nitrogens with one attached hydrogen (secondary N) is 1. The fourth-order valence-electron chi connectivity index (χ4n) is 1.93. The highest BCUT2D eigenvalue weighted by Gasteiger charge is 2.42. The molecule has 5 nitrogen and oxygen atoms in total. The average molecular weight is 336 g/mol. The molecular formula is C14H16F4N2O3. The van der Waals surface area contributed by atoms with Gasteiger partial charge in [0.25, 0.3) is 0 Å². The molecule has 2 heterocycles. The number of alkyl halides is 4. The molecule has 0 spiro atoms. The third kappa shape index (κ3) is 4.31. The molecule has 9 heteroatoms. The van der Waals surface area contributed by atoms with E-state index < -0.39 is 24.4 Å². The van der Waals surface area contributed by atoms with Crippen molar-refractivity contribution in [3.05, 3.63) is 18.3 Å². The van der Waals surface area contributed by atoms with E-state index in [0.29, 0.717) is 13.0 Å². The van der Waals surface area contributed by atoms with Crippen LogP contribution in [0.5, 0.6) is 5.88 Å². The average Bonchev–Trinajstić information content (AvgIpc) is 2.94. The van der Waals surface area contributed by atoms with Crippen LogP contribution in [-0.4, -0.2) is 43.1 Å². The van der Waals surface area contributed by atoms with Gasteiger partial charge in [0.2, 0.25) is 11.8 Å². The van der Waals surface area contributed by atoms with Crippen molar-refractivity contribution in [2.24, 2.45) is 5.41 Å². The minimum absolute atomic E-state index is 0.272. The molecule has 1 aliphatic rings. The number of hydrogen-bond acceptors (Lipinski definition) is 4. The SMILES string of the molecule is C[C@]1(C(=O)Nc2ccnc(OCC(F)(F)C(F)F)c2)CCOC1. The maximum Gasteiger partial charge on any atom is 0.340 e. The number of pyridine rings is 1. The zero-order chi connectivity index (χ0) is 17.1. The van der Waals surface area contributed by atoms with E-state index in [0.717, 1.165) is 0 Å². The summed E-state index contributed by atoms with van der Waals surface area (Å²) in [5, 5.41) is 2.61. The van der Waals surface area contributed by atoms with Gasteiger partial charge in [-0.3, -0.25) is 4.79 Å². The van der Waals surface area contributed by atoms with E-state index in [-0.39, 0.29) is 24.1 Å². The van der Waals surface area contributed by atoms with Gasteiger partial charge in [-0.1, -0.05) is 0 Å². The van der Waals surface area contributed by atoms with Crippen molar-refractivity contribution in [1.29, 1.82) is 0 Å². The molecule has 128 valence electrons. The van der Waals surface area contributed by atoms with E-state index in [9.17, 15) is 22.4 Å². The number of carbonyl (C=O) groups excluding carboxylic acids is 1. The summed E-state index contributed by atoms with van der Waals surface area (Å²) in [5.74, 6) is -4.84. The Kier molecular flexibility index (Phi) is 5.08. The number of nitrogens with zero attached hydrogens (tertiary/aromatic N) is 1. The second kappa shape index (κ2) is 6.69. The van der Waals surface area contributed by atoms with Crippen molar-refractivity contribution < 1.29 is 31.8 Å². The molecule has 1 aromatic heterocycles. The monoisotopic (exact) mass is 336 g/mol. The molecule has 1 aliphatic heterocycles. The topological polar surface area (TPSA) is 60.5 Å². The summed E-state index contributed by atoms with van der Waals surface area (Å²) in [6.07, 6.45) is -2.04. The molecule has 1 saturated heterocycles. The Bertz CT molecular complexity index is 563. The summed E-state index contributed by atoms with van der Waals surface area (Å²) in [7, 11) is 0. The predicted octanol–water partition coefficient (Wildman–Crippen LogP) is 2.73. The van der Waals surface area contributed by atoms with Crippen molar-refractivity contribution in [3.63, 3.8) is 0 Å². The summed E-state index contributed by atoms with van der Waals surface area (Å²) in [6.45, 7) is 1.02. The second-order valence-electron chi connectivity index (χ2n) is 5.55. The van der Waals surface area contributed by atoms with E-state index in [4.69, 9.17) is 4.74 Å². The zero-order valence-corrected chi connectivity index (χ0v) is 12.3. The van der Waals surface area contributed by atoms with Crippen LogP contribution in [0.25, 0.3) is 0 Å². The van der Waals surface area contributed by atoms with Gasteiger partial charge >= 0.3 is 12.3 Å². The lowest BCUT2D eigenvalue weighted by Crippen LogP contribution is -2.34. The number of carbonyl (C=O) groups is 1. The summed E-state index contributed by atoms with van der Waals surface area (Å²) in [5.41, 5.74) is -0.402. The van der Waals surface area contributed by atoms with Gasteiger partial charge in [0.05, 0.1) is 12.0 Å². The first-order chi connectivity index (χ1) is 10.7. The van der Waals surface area contributed by atoms with Crippen LogP contribution < -0.4 is 10.1 Å². The van der Waals surface area contributed by atoms with E-state index >= 15 is 0 Å². The van der Waals surface area contributed by atoms with Crippen molar-refractivity contribution in [3.8, 4) is 5.88 Å². The molecule has 1 atom stereocenters. The molecule has 23 heavy (non-hydrogen) atoms. The number of rotatable bonds is 6. The van der Waals surface area contributed by atoms with Crippen LogP contribution in [0.2, 0.25) is 0 Å². The van der Waals surface area contributed by atoms with Crippen molar-refractivity contribution in [2.45, 2.75) is 25.7 Å². The maximum atomic E-state index is 12.8. The number of ether oxygens (including phenoxy) is 2. The van der Waals surface area contributed by atoms with Crippen LogP contribution in [0, 0.1) is 5.41 Å². The molecule has 0 radical (unpaired) electrons. The lowest BCUT2D eigenvalue weighted by atomic mass is 9.89. The molecule has 0 unspecified atom stereocenters. The quantitative estimate of drug-likeness (QED) is 0.812. The summed E-state index contributed by atoms with van der Waals surface area (Å²) >= 11 is 0. The zero-order valence-electron chi connectivity index (χ0n) is 12.3. The lowest BCUT2D eigenvalue weighted by molar-refractivity contribution is -0.148. The largest absolute Gasteiger partial charge is 0.471 e. The molecule has 1 N–H and O–H groups in total. The number of halogens is 4. The first kappa shape index (κ1) is 17.5. The third-order valence-corrected chi connectivity index (χ3v) is 3.49. The Hall–Kier alpha value is -1.90. The molecule has 1 amide bonds. The van der Waals surface area contributed by atoms with Crippen LogP contribution in [0.3, 0.4) is 0 Å². The highest BCUT2D eigenvalue weighted by molar-refractivity contribution is 5.95. The van der Waals surface area contributed by atoms with E-state index in [2.05, 4.69) is 15.0 Å². The normalized spacial score (nSPS) is 21.5. The van der Waals surface area contributed by atoms with Gasteiger partial charge in [0.15, 0.2) is 6.61 Å². The van der Waals surface area contributed by atoms with Gasteiger partial charge in [-0.15, -0.1) is 0 Å². The van der Waals surface area contributed by atoms with E-state index in [1.54, 1.807) is 6.92 Å². The Morgan fingerprint density at radius 1 is 1.57 bits per heavy atom. The first-order valence-corrected chi connectivity index (χ1v) is 6.87. The predicted molar refractivity (Wildman–Crippen MR) is 72.9 cm³/mol. The molecule has 1 fully saturated rings. The molecule has 0 bridgehead atoms. The number of anilines is 1. The molecule has 2 rings (SSSR count). The molecule has 0 aliphatic carbocycles. The lowest BCUT2D eigenvalue weighted by Gasteiger charge is -2.20. The Morgan fingerprint density at radius 3 is 2.91 bits per heavy atom. The van der Waals surface area contributed by atoms with Gasteiger partial charge in [0, 0.05) is 24.6 Å². The van der Waals surface area contributed by atoms with Gasteiger partial charge in [0.1, 0.15) is 0 Å². The van der Waals surface area contributed by atoms with Crippen LogP contribution in [0.1, 0.15) is 13.3 Å². The fraction of sp³-hybridized carbons (Fsp3) is 0.571. The van der Waals surface area contributed by atoms with Crippen LogP contribution >= 0.6 is 0 Å². The fourth-order valence-corrected chi connectivity index (χ4v) is 1.93. The Balaban J connectivity index is 1.98. The molecule has 1 aromatic rings. The minimum atomic E-state index is -4.27. The van der Waals surface area contributed by atoms with Crippen molar-refractivity contribution in [2.75, 3.05) is 25.1 Å². The molecule has 0 aromatic carbocycles. The van der Waals surface area contributed by atoms with Gasteiger partial charge in [-0.05, 0) is 19.4 Å². The highest BCUT2D eigenvalue weighted by atomic mass is 19.3. The van der Waals surface area contributed by atoms with Gasteiger partial charge in [-0.2, -0.15) is 8.78 Å². The molecular weight excluding hydrogens is 320 g/mol.